The average molecular weight is 213 g/mol. The molecule has 0 aromatic heterocycles. The van der Waals surface area contributed by atoms with Gasteiger partial charge in [0.05, 0.1) is 0 Å². The minimum Gasteiger partial charge on any atom is -0.307 e. The fourth-order valence-electron chi connectivity index (χ4n) is 1.79. The van der Waals surface area contributed by atoms with Crippen molar-refractivity contribution in [1.82, 2.24) is 4.90 Å². The molecule has 1 heteroatoms. The molecule has 0 spiro atoms. The summed E-state index contributed by atoms with van der Waals surface area (Å²) < 4.78 is 0. The fraction of sp³-hybridized carbons (Fsp3) is 1.00. The molecular formula is C14H31N. The van der Waals surface area contributed by atoms with E-state index in [1.165, 1.54) is 45.2 Å². The molecule has 0 N–H and O–H groups in total. The smallest absolute Gasteiger partial charge is 0.00218 e. The summed E-state index contributed by atoms with van der Waals surface area (Å²) in [5.74, 6) is 1.84. The Hall–Kier alpha value is -0.0400. The summed E-state index contributed by atoms with van der Waals surface area (Å²) >= 11 is 0. The molecule has 0 saturated carbocycles. The maximum atomic E-state index is 2.41. The minimum absolute atomic E-state index is 0.921. The summed E-state index contributed by atoms with van der Waals surface area (Å²) in [6.07, 6.45) is 6.95. The van der Waals surface area contributed by atoms with Crippen molar-refractivity contribution < 1.29 is 0 Å². The summed E-state index contributed by atoms with van der Waals surface area (Å²) in [5, 5.41) is 0. The average Bonchev–Trinajstić information content (AvgIpc) is 2.25. The molecule has 2 atom stereocenters. The third-order valence-corrected chi connectivity index (χ3v) is 3.63. The first-order valence-corrected chi connectivity index (χ1v) is 6.78. The molecule has 0 aromatic rings. The molecule has 0 radical (unpaired) electrons. The number of nitrogens with zero attached hydrogens (tertiary/aromatic N) is 1. The van der Waals surface area contributed by atoms with Crippen LogP contribution in [0.5, 0.6) is 0 Å². The van der Waals surface area contributed by atoms with Gasteiger partial charge in [-0.25, -0.2) is 0 Å². The van der Waals surface area contributed by atoms with Gasteiger partial charge in [0, 0.05) is 0 Å². The Balaban J connectivity index is 3.37. The standard InChI is InChI=1S/C14H31N/c1-6-13(3)10-11-14(4)9-8-12-15(5)7-2/h13-14H,6-12H2,1-5H3. The highest BCUT2D eigenvalue weighted by Gasteiger charge is 2.05. The Morgan fingerprint density at radius 2 is 1.53 bits per heavy atom. The maximum Gasteiger partial charge on any atom is -0.00218 e. The number of hydrogen-bond acceptors (Lipinski definition) is 1. The Bertz CT molecular complexity index is 133. The topological polar surface area (TPSA) is 3.24 Å². The van der Waals surface area contributed by atoms with E-state index in [9.17, 15) is 0 Å². The van der Waals surface area contributed by atoms with Crippen LogP contribution in [-0.4, -0.2) is 25.0 Å². The molecule has 0 fully saturated rings. The summed E-state index contributed by atoms with van der Waals surface area (Å²) in [5.41, 5.74) is 0. The van der Waals surface area contributed by atoms with Gasteiger partial charge in [0.25, 0.3) is 0 Å². The molecule has 1 nitrogen and oxygen atoms in total. The van der Waals surface area contributed by atoms with E-state index in [4.69, 9.17) is 0 Å². The summed E-state index contributed by atoms with van der Waals surface area (Å²) in [6, 6.07) is 0. The molecule has 0 aliphatic heterocycles. The first kappa shape index (κ1) is 15.0. The maximum absolute atomic E-state index is 2.41. The van der Waals surface area contributed by atoms with Gasteiger partial charge in [0.2, 0.25) is 0 Å². The van der Waals surface area contributed by atoms with Gasteiger partial charge < -0.3 is 4.90 Å². The van der Waals surface area contributed by atoms with Gasteiger partial charge in [-0.15, -0.1) is 0 Å². The van der Waals surface area contributed by atoms with Crippen molar-refractivity contribution in [3.05, 3.63) is 0 Å². The monoisotopic (exact) mass is 213 g/mol. The SMILES string of the molecule is CCC(C)CCC(C)CCCN(C)CC. The van der Waals surface area contributed by atoms with Crippen molar-refractivity contribution in [2.45, 2.75) is 59.8 Å². The van der Waals surface area contributed by atoms with Crippen LogP contribution in [0, 0.1) is 11.8 Å². The van der Waals surface area contributed by atoms with Gasteiger partial charge in [-0.2, -0.15) is 0 Å². The third kappa shape index (κ3) is 8.92. The largest absolute Gasteiger partial charge is 0.307 e. The second-order valence-electron chi connectivity index (χ2n) is 5.23. The Kier molecular flexibility index (Phi) is 9.18. The minimum atomic E-state index is 0.921. The molecule has 0 bridgehead atoms. The van der Waals surface area contributed by atoms with Crippen LogP contribution in [0.2, 0.25) is 0 Å². The molecule has 0 aliphatic carbocycles. The molecule has 0 saturated heterocycles. The zero-order valence-electron chi connectivity index (χ0n) is 11.6. The van der Waals surface area contributed by atoms with Crippen LogP contribution in [0.15, 0.2) is 0 Å². The lowest BCUT2D eigenvalue weighted by Gasteiger charge is -2.17. The third-order valence-electron chi connectivity index (χ3n) is 3.63. The van der Waals surface area contributed by atoms with Gasteiger partial charge >= 0.3 is 0 Å². The van der Waals surface area contributed by atoms with Gasteiger partial charge in [0.15, 0.2) is 0 Å². The first-order chi connectivity index (χ1) is 7.10. The van der Waals surface area contributed by atoms with Gasteiger partial charge in [0.1, 0.15) is 0 Å². The molecule has 0 rings (SSSR count). The molecule has 0 aromatic carbocycles. The van der Waals surface area contributed by atoms with Gasteiger partial charge in [-0.05, 0) is 44.8 Å². The highest BCUT2D eigenvalue weighted by atomic mass is 15.1. The molecule has 0 aliphatic rings. The van der Waals surface area contributed by atoms with Crippen molar-refractivity contribution in [1.29, 1.82) is 0 Å². The second-order valence-corrected chi connectivity index (χ2v) is 5.23. The van der Waals surface area contributed by atoms with Crippen LogP contribution in [0.4, 0.5) is 0 Å². The quantitative estimate of drug-likeness (QED) is 0.555. The van der Waals surface area contributed by atoms with E-state index in [0.29, 0.717) is 0 Å². The van der Waals surface area contributed by atoms with Crippen molar-refractivity contribution in [2.24, 2.45) is 11.8 Å². The Morgan fingerprint density at radius 1 is 0.933 bits per heavy atom. The van der Waals surface area contributed by atoms with Crippen LogP contribution in [-0.2, 0) is 0 Å². The summed E-state index contributed by atoms with van der Waals surface area (Å²) in [6.45, 7) is 11.8. The Labute approximate surface area is 97.2 Å². The highest BCUT2D eigenvalue weighted by Crippen LogP contribution is 2.18. The van der Waals surface area contributed by atoms with Crippen LogP contribution in [0.25, 0.3) is 0 Å². The van der Waals surface area contributed by atoms with E-state index in [-0.39, 0.29) is 0 Å². The van der Waals surface area contributed by atoms with E-state index < -0.39 is 0 Å². The van der Waals surface area contributed by atoms with E-state index in [2.05, 4.69) is 39.6 Å². The van der Waals surface area contributed by atoms with Crippen LogP contribution in [0.3, 0.4) is 0 Å². The van der Waals surface area contributed by atoms with Gasteiger partial charge in [-0.1, -0.05) is 47.0 Å². The zero-order chi connectivity index (χ0) is 11.7. The van der Waals surface area contributed by atoms with Crippen LogP contribution >= 0.6 is 0 Å². The number of hydrogen-bond donors (Lipinski definition) is 0. The van der Waals surface area contributed by atoms with Crippen molar-refractivity contribution in [3.8, 4) is 0 Å². The predicted octanol–water partition coefficient (Wildman–Crippen LogP) is 4.18. The molecule has 15 heavy (non-hydrogen) atoms. The first-order valence-electron chi connectivity index (χ1n) is 6.78. The van der Waals surface area contributed by atoms with E-state index in [1.54, 1.807) is 0 Å². The zero-order valence-corrected chi connectivity index (χ0v) is 11.6. The highest BCUT2D eigenvalue weighted by molar-refractivity contribution is 4.59. The molecular weight excluding hydrogens is 182 g/mol. The van der Waals surface area contributed by atoms with E-state index >= 15 is 0 Å². The van der Waals surface area contributed by atoms with Crippen molar-refractivity contribution in [2.75, 3.05) is 20.1 Å². The molecule has 0 amide bonds. The van der Waals surface area contributed by atoms with Crippen molar-refractivity contribution >= 4 is 0 Å². The van der Waals surface area contributed by atoms with Crippen LogP contribution in [0.1, 0.15) is 59.8 Å². The lowest BCUT2D eigenvalue weighted by molar-refractivity contribution is 0.320. The summed E-state index contributed by atoms with van der Waals surface area (Å²) in [4.78, 5) is 2.40. The molecule has 92 valence electrons. The molecule has 2 unspecified atom stereocenters. The van der Waals surface area contributed by atoms with E-state index in [0.717, 1.165) is 11.8 Å². The summed E-state index contributed by atoms with van der Waals surface area (Å²) in [7, 11) is 2.21. The van der Waals surface area contributed by atoms with E-state index in [1.807, 2.05) is 0 Å². The Morgan fingerprint density at radius 3 is 2.07 bits per heavy atom. The second kappa shape index (κ2) is 9.21. The molecule has 0 heterocycles. The predicted molar refractivity (Wildman–Crippen MR) is 70.3 cm³/mol. The lowest BCUT2D eigenvalue weighted by atomic mass is 9.93. The lowest BCUT2D eigenvalue weighted by Crippen LogP contribution is -2.19. The number of rotatable bonds is 9. The van der Waals surface area contributed by atoms with Gasteiger partial charge in [-0.3, -0.25) is 0 Å². The van der Waals surface area contributed by atoms with Crippen LogP contribution < -0.4 is 0 Å². The van der Waals surface area contributed by atoms with Crippen molar-refractivity contribution in [3.63, 3.8) is 0 Å². The normalized spacial score (nSPS) is 15.6. The fourth-order valence-corrected chi connectivity index (χ4v) is 1.79.